The summed E-state index contributed by atoms with van der Waals surface area (Å²) in [5, 5.41) is 0. The van der Waals surface area contributed by atoms with Crippen molar-refractivity contribution in [2.75, 3.05) is 6.61 Å². The monoisotopic (exact) mass is 594 g/mol. The zero-order chi connectivity index (χ0) is 30.7. The van der Waals surface area contributed by atoms with Gasteiger partial charge in [0.15, 0.2) is 6.10 Å². The lowest BCUT2D eigenvalue weighted by atomic mass is 9.77. The van der Waals surface area contributed by atoms with Gasteiger partial charge in [-0.3, -0.25) is 0 Å². The van der Waals surface area contributed by atoms with Crippen LogP contribution < -0.4 is 0 Å². The first-order valence-corrected chi connectivity index (χ1v) is 17.1. The van der Waals surface area contributed by atoms with Crippen LogP contribution in [0, 0.1) is 11.8 Å². The topological polar surface area (TPSA) is 52.6 Å². The molecule has 234 valence electrons. The van der Waals surface area contributed by atoms with Crippen molar-refractivity contribution in [2.24, 2.45) is 11.8 Å². The molecule has 0 amide bonds. The van der Waals surface area contributed by atoms with Crippen LogP contribution >= 0.6 is 0 Å². The fourth-order valence-electron chi connectivity index (χ4n) is 7.14. The number of hydrogen-bond donors (Lipinski definition) is 0. The molecule has 1 unspecified atom stereocenters. The van der Waals surface area contributed by atoms with E-state index in [2.05, 4.69) is 38.1 Å². The van der Waals surface area contributed by atoms with E-state index in [1.54, 1.807) is 0 Å². The number of carbonyl (C=O) groups is 2. The Hall–Kier alpha value is -3.40. The largest absolute Gasteiger partial charge is 0.458 e. The van der Waals surface area contributed by atoms with Gasteiger partial charge >= 0.3 is 11.9 Å². The van der Waals surface area contributed by atoms with Gasteiger partial charge < -0.3 is 9.47 Å². The summed E-state index contributed by atoms with van der Waals surface area (Å²) < 4.78 is 11.6. The Kier molecular flexibility index (Phi) is 11.7. The standard InChI is InChI=1S/C40H50O4/c1-3-4-6-9-30-14-18-32(19-15-30)34-20-24-36(25-21-34)39(41)43-28-38(35-10-7-5-8-11-35)44-40(42)37-26-22-33(23-27-37)31-16-12-29(2)13-17-31/h5,7-8,10-11,20-27,29-32,38H,3-4,6,9,12-19,28H2,1-2H3. The minimum Gasteiger partial charge on any atom is -0.458 e. The molecule has 3 aromatic carbocycles. The molecule has 44 heavy (non-hydrogen) atoms. The quantitative estimate of drug-likeness (QED) is 0.155. The van der Waals surface area contributed by atoms with E-state index in [-0.39, 0.29) is 6.61 Å². The zero-order valence-corrected chi connectivity index (χ0v) is 26.7. The Morgan fingerprint density at radius 2 is 1.23 bits per heavy atom. The lowest BCUT2D eigenvalue weighted by molar-refractivity contribution is -0.00134. The minimum absolute atomic E-state index is 0.0449. The van der Waals surface area contributed by atoms with E-state index < -0.39 is 18.0 Å². The third kappa shape index (κ3) is 8.83. The van der Waals surface area contributed by atoms with Gasteiger partial charge in [0.2, 0.25) is 0 Å². The summed E-state index contributed by atoms with van der Waals surface area (Å²) in [4.78, 5) is 26.2. The number of hydrogen-bond acceptors (Lipinski definition) is 4. The maximum Gasteiger partial charge on any atom is 0.338 e. The first kappa shape index (κ1) is 32.0. The molecule has 2 aliphatic rings. The molecule has 4 heteroatoms. The Labute approximate surface area is 264 Å². The molecule has 0 aromatic heterocycles. The molecule has 0 spiro atoms. The number of carbonyl (C=O) groups excluding carboxylic acids is 2. The van der Waals surface area contributed by atoms with Crippen LogP contribution in [0.5, 0.6) is 0 Å². The van der Waals surface area contributed by atoms with Gasteiger partial charge in [0, 0.05) is 0 Å². The summed E-state index contributed by atoms with van der Waals surface area (Å²) in [6, 6.07) is 25.3. The van der Waals surface area contributed by atoms with Gasteiger partial charge in [-0.05, 0) is 103 Å². The highest BCUT2D eigenvalue weighted by molar-refractivity contribution is 5.90. The second-order valence-corrected chi connectivity index (χ2v) is 13.3. The number of ether oxygens (including phenoxy) is 2. The van der Waals surface area contributed by atoms with E-state index in [1.807, 2.05) is 54.6 Å². The van der Waals surface area contributed by atoms with Crippen molar-refractivity contribution in [3.8, 4) is 0 Å². The van der Waals surface area contributed by atoms with Crippen LogP contribution in [0.3, 0.4) is 0 Å². The van der Waals surface area contributed by atoms with Crippen molar-refractivity contribution in [2.45, 2.75) is 109 Å². The molecule has 0 aliphatic heterocycles. The second kappa shape index (κ2) is 16.1. The molecule has 4 nitrogen and oxygen atoms in total. The molecule has 5 rings (SSSR count). The molecule has 2 fully saturated rings. The third-order valence-electron chi connectivity index (χ3n) is 10.1. The molecule has 2 aliphatic carbocycles. The SMILES string of the molecule is CCCCCC1CCC(c2ccc(C(=O)OCC(OC(=O)c3ccc(C4CCC(C)CC4)cc3)c3ccccc3)cc2)CC1. The van der Waals surface area contributed by atoms with Crippen LogP contribution in [-0.2, 0) is 9.47 Å². The lowest BCUT2D eigenvalue weighted by Gasteiger charge is -2.29. The van der Waals surface area contributed by atoms with E-state index in [1.165, 1.54) is 88.2 Å². The van der Waals surface area contributed by atoms with E-state index in [4.69, 9.17) is 9.47 Å². The van der Waals surface area contributed by atoms with Gasteiger partial charge in [-0.25, -0.2) is 9.59 Å². The van der Waals surface area contributed by atoms with E-state index >= 15 is 0 Å². The van der Waals surface area contributed by atoms with Gasteiger partial charge in [-0.15, -0.1) is 0 Å². The molecule has 0 saturated heterocycles. The zero-order valence-electron chi connectivity index (χ0n) is 26.7. The lowest BCUT2D eigenvalue weighted by Crippen LogP contribution is -2.19. The van der Waals surface area contributed by atoms with E-state index in [9.17, 15) is 9.59 Å². The Balaban J connectivity index is 1.15. The van der Waals surface area contributed by atoms with Gasteiger partial charge in [-0.2, -0.15) is 0 Å². The van der Waals surface area contributed by atoms with Crippen molar-refractivity contribution in [3.63, 3.8) is 0 Å². The molecule has 2 saturated carbocycles. The predicted octanol–water partition coefficient (Wildman–Crippen LogP) is 10.6. The molecule has 1 atom stereocenters. The Morgan fingerprint density at radius 3 is 1.80 bits per heavy atom. The highest BCUT2D eigenvalue weighted by Crippen LogP contribution is 2.38. The van der Waals surface area contributed by atoms with Crippen LogP contribution in [0.4, 0.5) is 0 Å². The fourth-order valence-corrected chi connectivity index (χ4v) is 7.14. The van der Waals surface area contributed by atoms with E-state index in [0.29, 0.717) is 23.0 Å². The number of rotatable bonds is 12. The van der Waals surface area contributed by atoms with Crippen LogP contribution in [0.15, 0.2) is 78.9 Å². The summed E-state index contributed by atoms with van der Waals surface area (Å²) in [7, 11) is 0. The molecule has 3 aromatic rings. The molecule has 0 radical (unpaired) electrons. The average Bonchev–Trinajstić information content (AvgIpc) is 3.08. The van der Waals surface area contributed by atoms with Gasteiger partial charge in [0.1, 0.15) is 6.61 Å². The van der Waals surface area contributed by atoms with Crippen molar-refractivity contribution in [1.29, 1.82) is 0 Å². The third-order valence-corrected chi connectivity index (χ3v) is 10.1. The van der Waals surface area contributed by atoms with Crippen LogP contribution in [0.2, 0.25) is 0 Å². The average molecular weight is 595 g/mol. The molecular weight excluding hydrogens is 544 g/mol. The molecule has 0 N–H and O–H groups in total. The van der Waals surface area contributed by atoms with E-state index in [0.717, 1.165) is 17.4 Å². The normalized spacial score (nSPS) is 22.6. The summed E-state index contributed by atoms with van der Waals surface area (Å²) in [5.74, 6) is 2.01. The highest BCUT2D eigenvalue weighted by atomic mass is 16.6. The number of esters is 2. The molecule has 0 bridgehead atoms. The van der Waals surface area contributed by atoms with Crippen molar-refractivity contribution in [1.82, 2.24) is 0 Å². The second-order valence-electron chi connectivity index (χ2n) is 13.3. The van der Waals surface area contributed by atoms with Gasteiger partial charge in [0.05, 0.1) is 11.1 Å². The maximum absolute atomic E-state index is 13.2. The highest BCUT2D eigenvalue weighted by Gasteiger charge is 2.24. The van der Waals surface area contributed by atoms with Crippen molar-refractivity contribution < 1.29 is 19.1 Å². The van der Waals surface area contributed by atoms with Crippen LogP contribution in [0.1, 0.15) is 146 Å². The summed E-state index contributed by atoms with van der Waals surface area (Å²) in [5.41, 5.74) is 4.43. The van der Waals surface area contributed by atoms with Crippen molar-refractivity contribution >= 4 is 11.9 Å². The summed E-state index contributed by atoms with van der Waals surface area (Å²) in [6.45, 7) is 4.55. The Bertz CT molecular complexity index is 1300. The summed E-state index contributed by atoms with van der Waals surface area (Å²) in [6.07, 6.45) is 14.7. The smallest absolute Gasteiger partial charge is 0.338 e. The van der Waals surface area contributed by atoms with Gasteiger partial charge in [-0.1, -0.05) is 107 Å². The predicted molar refractivity (Wildman–Crippen MR) is 177 cm³/mol. The van der Waals surface area contributed by atoms with Gasteiger partial charge in [0.25, 0.3) is 0 Å². The number of unbranched alkanes of at least 4 members (excludes halogenated alkanes) is 2. The minimum atomic E-state index is -0.695. The Morgan fingerprint density at radius 1 is 0.682 bits per heavy atom. The summed E-state index contributed by atoms with van der Waals surface area (Å²) >= 11 is 0. The van der Waals surface area contributed by atoms with Crippen LogP contribution in [-0.4, -0.2) is 18.5 Å². The first-order chi connectivity index (χ1) is 21.5. The number of benzene rings is 3. The fraction of sp³-hybridized carbons (Fsp3) is 0.500. The first-order valence-electron chi connectivity index (χ1n) is 17.1. The van der Waals surface area contributed by atoms with Crippen LogP contribution in [0.25, 0.3) is 0 Å². The molecular formula is C40H50O4. The molecule has 0 heterocycles. The maximum atomic E-state index is 13.2. The van der Waals surface area contributed by atoms with Crippen molar-refractivity contribution in [3.05, 3.63) is 107 Å².